The fourth-order valence-electron chi connectivity index (χ4n) is 1.52. The molecule has 0 spiro atoms. The van der Waals surface area contributed by atoms with Crippen molar-refractivity contribution in [2.24, 2.45) is 0 Å². The molecule has 0 aliphatic rings. The first-order valence-corrected chi connectivity index (χ1v) is 4.85. The van der Waals surface area contributed by atoms with Crippen LogP contribution in [0.2, 0.25) is 0 Å². The van der Waals surface area contributed by atoms with Gasteiger partial charge in [0.1, 0.15) is 11.4 Å². The van der Waals surface area contributed by atoms with Gasteiger partial charge in [-0.25, -0.2) is 4.39 Å². The first-order chi connectivity index (χ1) is 7.83. The number of nitrogens with zero attached hydrogens (tertiary/aromatic N) is 2. The quantitative estimate of drug-likeness (QED) is 0.417. The molecule has 16 heavy (non-hydrogen) atoms. The molecule has 0 radical (unpaired) electrons. The third-order valence-corrected chi connectivity index (χ3v) is 2.28. The van der Waals surface area contributed by atoms with Crippen LogP contribution < -0.4 is 0 Å². The normalized spacial score (nSPS) is 9.56. The molecule has 3 heteroatoms. The maximum Gasteiger partial charge on any atom is 0.332 e. The van der Waals surface area contributed by atoms with E-state index in [4.69, 9.17) is 5.53 Å². The minimum atomic E-state index is -0.404. The topological polar surface area (TPSA) is 36.4 Å². The zero-order valence-electron chi connectivity index (χ0n) is 8.47. The minimum Gasteiger partial charge on any atom is -0.361 e. The molecule has 0 amide bonds. The van der Waals surface area contributed by atoms with E-state index in [0.29, 0.717) is 5.56 Å². The van der Waals surface area contributed by atoms with Gasteiger partial charge in [-0.15, -0.1) is 0 Å². The average Bonchev–Trinajstić information content (AvgIpc) is 2.34. The first kappa shape index (κ1) is 10.3. The minimum absolute atomic E-state index is 0.235. The van der Waals surface area contributed by atoms with Crippen LogP contribution in [0.1, 0.15) is 11.1 Å². The van der Waals surface area contributed by atoms with Gasteiger partial charge in [0.2, 0.25) is 0 Å². The molecule has 0 bridgehead atoms. The van der Waals surface area contributed by atoms with Crippen molar-refractivity contribution in [1.82, 2.24) is 0 Å². The lowest BCUT2D eigenvalue weighted by atomic mass is 10.0. The van der Waals surface area contributed by atoms with Crippen LogP contribution in [0.4, 0.5) is 4.39 Å². The maximum absolute atomic E-state index is 13.5. The summed E-state index contributed by atoms with van der Waals surface area (Å²) in [5, 5.41) is 0. The standard InChI is InChI=1S/C13H9FN2/c14-12-9-5-4-8-11(12)13(16-15)10-6-2-1-3-7-10/h1-9H. The molecule has 0 aliphatic carbocycles. The second-order valence-electron chi connectivity index (χ2n) is 3.29. The highest BCUT2D eigenvalue weighted by Crippen LogP contribution is 2.12. The first-order valence-electron chi connectivity index (χ1n) is 4.85. The Kier molecular flexibility index (Phi) is 2.90. The average molecular weight is 212 g/mol. The van der Waals surface area contributed by atoms with Crippen LogP contribution in [0.3, 0.4) is 0 Å². The molecule has 2 aromatic carbocycles. The summed E-state index contributed by atoms with van der Waals surface area (Å²) in [6, 6.07) is 15.2. The van der Waals surface area contributed by atoms with Crippen molar-refractivity contribution >= 4 is 5.71 Å². The molecule has 0 N–H and O–H groups in total. The molecule has 0 saturated heterocycles. The maximum atomic E-state index is 13.5. The number of rotatable bonds is 2. The molecule has 78 valence electrons. The van der Waals surface area contributed by atoms with E-state index in [1.54, 1.807) is 42.5 Å². The van der Waals surface area contributed by atoms with Gasteiger partial charge >= 0.3 is 5.71 Å². The largest absolute Gasteiger partial charge is 0.361 e. The van der Waals surface area contributed by atoms with Gasteiger partial charge in [-0.3, -0.25) is 0 Å². The third kappa shape index (κ3) is 1.90. The van der Waals surface area contributed by atoms with Gasteiger partial charge < -0.3 is 5.53 Å². The second kappa shape index (κ2) is 4.51. The number of benzene rings is 2. The molecule has 2 aromatic rings. The molecule has 0 unspecified atom stereocenters. The Balaban J connectivity index is 2.55. The van der Waals surface area contributed by atoms with Crippen LogP contribution in [0.25, 0.3) is 5.53 Å². The molecule has 0 fully saturated rings. The molecule has 0 saturated carbocycles. The van der Waals surface area contributed by atoms with Crippen molar-refractivity contribution < 1.29 is 9.18 Å². The smallest absolute Gasteiger partial charge is 0.332 e. The lowest BCUT2D eigenvalue weighted by Gasteiger charge is -1.98. The Morgan fingerprint density at radius 2 is 1.56 bits per heavy atom. The Labute approximate surface area is 92.6 Å². The second-order valence-corrected chi connectivity index (χ2v) is 3.29. The Morgan fingerprint density at radius 1 is 0.938 bits per heavy atom. The van der Waals surface area contributed by atoms with Crippen molar-refractivity contribution in [3.8, 4) is 0 Å². The molecule has 2 nitrogen and oxygen atoms in total. The van der Waals surface area contributed by atoms with Gasteiger partial charge in [0.05, 0.1) is 5.56 Å². The van der Waals surface area contributed by atoms with Gasteiger partial charge in [-0.1, -0.05) is 30.3 Å². The van der Waals surface area contributed by atoms with Crippen molar-refractivity contribution in [2.45, 2.75) is 0 Å². The van der Waals surface area contributed by atoms with Crippen LogP contribution in [0.5, 0.6) is 0 Å². The van der Waals surface area contributed by atoms with Crippen molar-refractivity contribution in [3.05, 3.63) is 77.1 Å². The molecule has 0 aromatic heterocycles. The summed E-state index contributed by atoms with van der Waals surface area (Å²) in [5.41, 5.74) is 10.2. The highest BCUT2D eigenvalue weighted by Gasteiger charge is 2.18. The Hall–Kier alpha value is -2.25. The number of halogens is 1. The molecule has 0 heterocycles. The molecule has 2 rings (SSSR count). The van der Waals surface area contributed by atoms with E-state index in [2.05, 4.69) is 4.79 Å². The van der Waals surface area contributed by atoms with E-state index in [1.807, 2.05) is 6.07 Å². The van der Waals surface area contributed by atoms with Crippen LogP contribution in [0.15, 0.2) is 54.6 Å². The van der Waals surface area contributed by atoms with Crippen molar-refractivity contribution in [3.63, 3.8) is 0 Å². The van der Waals surface area contributed by atoms with Crippen molar-refractivity contribution in [1.29, 1.82) is 0 Å². The van der Waals surface area contributed by atoms with Crippen LogP contribution in [0, 0.1) is 5.82 Å². The van der Waals surface area contributed by atoms with Gasteiger partial charge in [-0.05, 0) is 24.3 Å². The van der Waals surface area contributed by atoms with E-state index in [9.17, 15) is 4.39 Å². The summed E-state index contributed by atoms with van der Waals surface area (Å²) < 4.78 is 13.5. The van der Waals surface area contributed by atoms with Crippen LogP contribution in [-0.2, 0) is 0 Å². The number of hydrogen-bond donors (Lipinski definition) is 0. The summed E-state index contributed by atoms with van der Waals surface area (Å²) in [5.74, 6) is -0.404. The van der Waals surface area contributed by atoms with Gasteiger partial charge in [0.15, 0.2) is 0 Å². The van der Waals surface area contributed by atoms with Gasteiger partial charge in [0, 0.05) is 0 Å². The lowest BCUT2D eigenvalue weighted by molar-refractivity contribution is -0.00303. The molecule has 0 aliphatic heterocycles. The zero-order chi connectivity index (χ0) is 11.4. The fourth-order valence-corrected chi connectivity index (χ4v) is 1.52. The summed E-state index contributed by atoms with van der Waals surface area (Å²) in [6.07, 6.45) is 0. The summed E-state index contributed by atoms with van der Waals surface area (Å²) >= 11 is 0. The molecule has 0 atom stereocenters. The van der Waals surface area contributed by atoms with E-state index in [0.717, 1.165) is 0 Å². The van der Waals surface area contributed by atoms with E-state index in [1.165, 1.54) is 6.07 Å². The Bertz CT molecular complexity index is 543. The third-order valence-electron chi connectivity index (χ3n) is 2.28. The summed E-state index contributed by atoms with van der Waals surface area (Å²) in [7, 11) is 0. The zero-order valence-corrected chi connectivity index (χ0v) is 8.47. The highest BCUT2D eigenvalue weighted by molar-refractivity contribution is 6.09. The van der Waals surface area contributed by atoms with Crippen LogP contribution in [-0.4, -0.2) is 10.5 Å². The predicted molar refractivity (Wildman–Crippen MR) is 59.7 cm³/mol. The Morgan fingerprint density at radius 3 is 2.19 bits per heavy atom. The van der Waals surface area contributed by atoms with Gasteiger partial charge in [-0.2, -0.15) is 4.79 Å². The molecular weight excluding hydrogens is 203 g/mol. The SMILES string of the molecule is [N-]=[N+]=C(c1ccccc1)c1ccccc1F. The van der Waals surface area contributed by atoms with Crippen molar-refractivity contribution in [2.75, 3.05) is 0 Å². The predicted octanol–water partition coefficient (Wildman–Crippen LogP) is 2.89. The molecular formula is C13H9FN2. The number of hydrogen-bond acceptors (Lipinski definition) is 0. The fraction of sp³-hybridized carbons (Fsp3) is 0. The van der Waals surface area contributed by atoms with Gasteiger partial charge in [0.25, 0.3) is 0 Å². The van der Waals surface area contributed by atoms with E-state index < -0.39 is 5.82 Å². The van der Waals surface area contributed by atoms with E-state index >= 15 is 0 Å². The lowest BCUT2D eigenvalue weighted by Crippen LogP contribution is -2.06. The van der Waals surface area contributed by atoms with Crippen LogP contribution >= 0.6 is 0 Å². The summed E-state index contributed by atoms with van der Waals surface area (Å²) in [4.78, 5) is 3.17. The van der Waals surface area contributed by atoms with E-state index in [-0.39, 0.29) is 11.3 Å². The summed E-state index contributed by atoms with van der Waals surface area (Å²) in [6.45, 7) is 0. The highest BCUT2D eigenvalue weighted by atomic mass is 19.1. The monoisotopic (exact) mass is 212 g/mol.